The van der Waals surface area contributed by atoms with E-state index < -0.39 is 49.3 Å². The lowest BCUT2D eigenvalue weighted by Crippen LogP contribution is -2.58. The summed E-state index contributed by atoms with van der Waals surface area (Å²) in [6.07, 6.45) is 33.0. The molecule has 6 N–H and O–H groups in total. The highest BCUT2D eigenvalue weighted by atomic mass is 16.5. The minimum absolute atomic E-state index is 0.107. The van der Waals surface area contributed by atoms with Crippen molar-refractivity contribution in [2.45, 2.75) is 236 Å². The number of nitrogens with one attached hydrogen (secondary N) is 1. The van der Waals surface area contributed by atoms with Crippen LogP contribution in [0.15, 0.2) is 24.3 Å². The van der Waals surface area contributed by atoms with E-state index in [1.165, 1.54) is 116 Å². The minimum atomic E-state index is -1.44. The number of ether oxygens (including phenoxy) is 1. The molecule has 1 saturated heterocycles. The molecule has 0 aromatic carbocycles. The Bertz CT molecular complexity index is 850. The van der Waals surface area contributed by atoms with Crippen molar-refractivity contribution in [3.8, 4) is 0 Å². The van der Waals surface area contributed by atoms with E-state index in [2.05, 4.69) is 31.3 Å². The minimum Gasteiger partial charge on any atom is -0.394 e. The first-order valence-corrected chi connectivity index (χ1v) is 21.4. The first kappa shape index (κ1) is 47.7. The van der Waals surface area contributed by atoms with Gasteiger partial charge in [0.15, 0.2) is 0 Å². The Morgan fingerprint density at radius 2 is 1.04 bits per heavy atom. The Hall–Kier alpha value is -1.29. The summed E-state index contributed by atoms with van der Waals surface area (Å²) in [7, 11) is 0. The summed E-state index contributed by atoms with van der Waals surface area (Å²) >= 11 is 0. The van der Waals surface area contributed by atoms with E-state index in [9.17, 15) is 30.3 Å². The molecule has 8 heteroatoms. The maximum Gasteiger partial charge on any atom is 0.220 e. The predicted octanol–water partition coefficient (Wildman–Crippen LogP) is 8.75. The van der Waals surface area contributed by atoms with E-state index in [0.717, 1.165) is 44.9 Å². The van der Waals surface area contributed by atoms with Crippen molar-refractivity contribution in [3.63, 3.8) is 0 Å². The first-order valence-electron chi connectivity index (χ1n) is 21.4. The maximum atomic E-state index is 12.9. The Morgan fingerprint density at radius 3 is 1.53 bits per heavy atom. The quantitative estimate of drug-likeness (QED) is 0.0288. The van der Waals surface area contributed by atoms with Crippen molar-refractivity contribution in [2.24, 2.45) is 0 Å². The van der Waals surface area contributed by atoms with Crippen molar-refractivity contribution < 1.29 is 35.1 Å². The Kier molecular flexibility index (Phi) is 31.2. The van der Waals surface area contributed by atoms with Crippen LogP contribution in [0.4, 0.5) is 0 Å². The number of rotatable bonds is 34. The van der Waals surface area contributed by atoms with Crippen LogP contribution in [0.1, 0.15) is 194 Å². The van der Waals surface area contributed by atoms with E-state index in [1.807, 2.05) is 6.08 Å². The summed E-state index contributed by atoms with van der Waals surface area (Å²) in [4.78, 5) is 12.9. The van der Waals surface area contributed by atoms with Gasteiger partial charge in [-0.3, -0.25) is 4.79 Å². The normalized spacial score (nSPS) is 22.2. The summed E-state index contributed by atoms with van der Waals surface area (Å²) in [6.45, 7) is 4.02. The lowest BCUT2D eigenvalue weighted by atomic mass is 9.91. The number of hydrogen-bond acceptors (Lipinski definition) is 7. The van der Waals surface area contributed by atoms with Gasteiger partial charge in [0, 0.05) is 6.42 Å². The second kappa shape index (κ2) is 33.3. The molecule has 1 aliphatic heterocycles. The van der Waals surface area contributed by atoms with Gasteiger partial charge in [-0.05, 0) is 57.8 Å². The van der Waals surface area contributed by atoms with Gasteiger partial charge in [0.25, 0.3) is 0 Å². The first-order chi connectivity index (χ1) is 24.8. The van der Waals surface area contributed by atoms with Crippen LogP contribution in [0, 0.1) is 0 Å². The standard InChI is InChI=1S/C43H81NO7/c1-3-5-7-9-11-13-15-17-18-20-22-24-26-28-30-32-40(47)44-36(33-34-38-41(48)43(50)42(49)39(35-45)51-38)37(46)31-29-27-25-23-21-19-16-14-12-10-8-6-4-2/h17-18,29,31,36-39,41-43,45-46,48-50H,3-16,19-28,30,32-35H2,1-2H3,(H,44,47)/b18-17-,31-29+/t36?,37?,38-,39+,41-,42-,43+/m1/s1. The highest BCUT2D eigenvalue weighted by molar-refractivity contribution is 5.76. The van der Waals surface area contributed by atoms with Crippen LogP contribution in [-0.4, -0.2) is 80.7 Å². The summed E-state index contributed by atoms with van der Waals surface area (Å²) in [5, 5.41) is 54.5. The van der Waals surface area contributed by atoms with Crippen LogP contribution in [0.5, 0.6) is 0 Å². The molecular formula is C43H81NO7. The molecule has 2 unspecified atom stereocenters. The number of aliphatic hydroxyl groups is 5. The van der Waals surface area contributed by atoms with Crippen molar-refractivity contribution in [2.75, 3.05) is 6.61 Å². The predicted molar refractivity (Wildman–Crippen MR) is 211 cm³/mol. The van der Waals surface area contributed by atoms with Crippen molar-refractivity contribution in [3.05, 3.63) is 24.3 Å². The molecule has 1 heterocycles. The second-order valence-corrected chi connectivity index (χ2v) is 15.2. The highest BCUT2D eigenvalue weighted by Gasteiger charge is 2.43. The molecule has 0 spiro atoms. The Balaban J connectivity index is 2.42. The molecule has 0 aliphatic carbocycles. The van der Waals surface area contributed by atoms with Gasteiger partial charge in [-0.15, -0.1) is 0 Å². The van der Waals surface area contributed by atoms with Gasteiger partial charge >= 0.3 is 0 Å². The fourth-order valence-electron chi connectivity index (χ4n) is 7.02. The van der Waals surface area contributed by atoms with Gasteiger partial charge in [-0.25, -0.2) is 0 Å². The lowest BCUT2D eigenvalue weighted by molar-refractivity contribution is -0.230. The summed E-state index contributed by atoms with van der Waals surface area (Å²) < 4.78 is 5.68. The third kappa shape index (κ3) is 24.6. The van der Waals surface area contributed by atoms with Gasteiger partial charge in [0.05, 0.1) is 24.9 Å². The zero-order valence-electron chi connectivity index (χ0n) is 32.9. The molecule has 1 aliphatic rings. The number of hydrogen-bond donors (Lipinski definition) is 6. The molecule has 1 fully saturated rings. The largest absolute Gasteiger partial charge is 0.394 e. The van der Waals surface area contributed by atoms with Gasteiger partial charge in [0.1, 0.15) is 24.4 Å². The summed E-state index contributed by atoms with van der Waals surface area (Å²) in [5.74, 6) is -0.107. The molecule has 0 aromatic rings. The summed E-state index contributed by atoms with van der Waals surface area (Å²) in [6, 6.07) is -0.582. The fourth-order valence-corrected chi connectivity index (χ4v) is 7.02. The lowest BCUT2D eigenvalue weighted by Gasteiger charge is -2.40. The number of carbonyl (C=O) groups is 1. The number of aliphatic hydroxyl groups excluding tert-OH is 5. The van der Waals surface area contributed by atoms with E-state index in [0.29, 0.717) is 12.8 Å². The topological polar surface area (TPSA) is 139 Å². The van der Waals surface area contributed by atoms with E-state index >= 15 is 0 Å². The number of amides is 1. The van der Waals surface area contributed by atoms with Crippen molar-refractivity contribution in [1.29, 1.82) is 0 Å². The van der Waals surface area contributed by atoms with E-state index in [-0.39, 0.29) is 12.3 Å². The molecule has 51 heavy (non-hydrogen) atoms. The number of carbonyl (C=O) groups excluding carboxylic acids is 1. The van der Waals surface area contributed by atoms with Gasteiger partial charge in [-0.1, -0.05) is 154 Å². The van der Waals surface area contributed by atoms with Crippen LogP contribution in [0.25, 0.3) is 0 Å². The van der Waals surface area contributed by atoms with Crippen LogP contribution in [0.3, 0.4) is 0 Å². The maximum absolute atomic E-state index is 12.9. The summed E-state index contributed by atoms with van der Waals surface area (Å²) in [5.41, 5.74) is 0. The molecule has 8 nitrogen and oxygen atoms in total. The fraction of sp³-hybridized carbons (Fsp3) is 0.884. The van der Waals surface area contributed by atoms with Crippen LogP contribution < -0.4 is 5.32 Å². The third-order valence-corrected chi connectivity index (χ3v) is 10.5. The monoisotopic (exact) mass is 724 g/mol. The molecule has 7 atom stereocenters. The average molecular weight is 724 g/mol. The molecule has 300 valence electrons. The van der Waals surface area contributed by atoms with Crippen LogP contribution in [0.2, 0.25) is 0 Å². The SMILES string of the molecule is CCCCCCCC/C=C\CCCCCCCC(=O)NC(CC[C@H]1O[C@@H](CO)[C@@H](O)[C@@H](O)[C@@H]1O)C(O)/C=C/CCCCCCCCCCCCC. The molecule has 1 rings (SSSR count). The molecule has 0 saturated carbocycles. The van der Waals surface area contributed by atoms with Crippen molar-refractivity contribution in [1.82, 2.24) is 5.32 Å². The smallest absolute Gasteiger partial charge is 0.220 e. The van der Waals surface area contributed by atoms with Crippen LogP contribution >= 0.6 is 0 Å². The average Bonchev–Trinajstić information content (AvgIpc) is 3.13. The molecule has 0 bridgehead atoms. The van der Waals surface area contributed by atoms with Gasteiger partial charge in [0.2, 0.25) is 5.91 Å². The van der Waals surface area contributed by atoms with Crippen molar-refractivity contribution >= 4 is 5.91 Å². The van der Waals surface area contributed by atoms with Crippen LogP contribution in [-0.2, 0) is 9.53 Å². The number of unbranched alkanes of at least 4 members (excludes halogenated alkanes) is 22. The molecule has 0 radical (unpaired) electrons. The highest BCUT2D eigenvalue weighted by Crippen LogP contribution is 2.25. The molecule has 0 aromatic heterocycles. The van der Waals surface area contributed by atoms with E-state index in [1.54, 1.807) is 6.08 Å². The van der Waals surface area contributed by atoms with Gasteiger partial charge in [-0.2, -0.15) is 0 Å². The Morgan fingerprint density at radius 1 is 0.608 bits per heavy atom. The second-order valence-electron chi connectivity index (χ2n) is 15.2. The molecular weight excluding hydrogens is 642 g/mol. The zero-order valence-corrected chi connectivity index (χ0v) is 32.9. The van der Waals surface area contributed by atoms with E-state index in [4.69, 9.17) is 4.74 Å². The Labute approximate surface area is 312 Å². The third-order valence-electron chi connectivity index (χ3n) is 10.5. The number of allylic oxidation sites excluding steroid dienone is 3. The van der Waals surface area contributed by atoms with Gasteiger partial charge < -0.3 is 35.6 Å². The zero-order chi connectivity index (χ0) is 37.4. The molecule has 1 amide bonds.